The number of morpholine rings is 1. The topological polar surface area (TPSA) is 29.5 Å². The summed E-state index contributed by atoms with van der Waals surface area (Å²) in [4.78, 5) is 12.8. The molecule has 1 saturated heterocycles. The van der Waals surface area contributed by atoms with Gasteiger partial charge >= 0.3 is 0 Å². The van der Waals surface area contributed by atoms with Crippen molar-refractivity contribution in [3.63, 3.8) is 0 Å². The van der Waals surface area contributed by atoms with E-state index in [0.29, 0.717) is 19.8 Å². The van der Waals surface area contributed by atoms with Crippen LogP contribution in [0.5, 0.6) is 0 Å². The summed E-state index contributed by atoms with van der Waals surface area (Å²) in [6, 6.07) is 0. The van der Waals surface area contributed by atoms with Gasteiger partial charge < -0.3 is 9.64 Å². The maximum Gasteiger partial charge on any atom is 0.220 e. The standard InChI is InChI=1S/C6H11NO2S2/c1-5(8)7-2-3-9-4-6(7)11-10/h6,10H,2-4H2,1H3. The molecular formula is C6H11NO2S2. The van der Waals surface area contributed by atoms with Gasteiger partial charge in [0.1, 0.15) is 5.37 Å². The van der Waals surface area contributed by atoms with Crippen molar-refractivity contribution in [2.24, 2.45) is 0 Å². The fraction of sp³-hybridized carbons (Fsp3) is 0.833. The Morgan fingerprint density at radius 3 is 3.00 bits per heavy atom. The molecule has 0 N–H and O–H groups in total. The van der Waals surface area contributed by atoms with Crippen LogP contribution in [0.3, 0.4) is 0 Å². The zero-order chi connectivity index (χ0) is 8.27. The summed E-state index contributed by atoms with van der Waals surface area (Å²) in [7, 11) is 1.36. The largest absolute Gasteiger partial charge is 0.377 e. The van der Waals surface area contributed by atoms with Crippen molar-refractivity contribution in [1.82, 2.24) is 4.90 Å². The summed E-state index contributed by atoms with van der Waals surface area (Å²) in [5.74, 6) is 0.0971. The Balaban J connectivity index is 2.51. The van der Waals surface area contributed by atoms with E-state index in [4.69, 9.17) is 4.74 Å². The molecule has 0 radical (unpaired) electrons. The average molecular weight is 193 g/mol. The lowest BCUT2D eigenvalue weighted by molar-refractivity contribution is -0.134. The van der Waals surface area contributed by atoms with E-state index in [2.05, 4.69) is 11.7 Å². The summed E-state index contributed by atoms with van der Waals surface area (Å²) >= 11 is 4.06. The normalized spacial score (nSPS) is 25.3. The van der Waals surface area contributed by atoms with Crippen LogP contribution in [0.1, 0.15) is 6.92 Å². The van der Waals surface area contributed by atoms with Crippen molar-refractivity contribution in [2.45, 2.75) is 12.3 Å². The molecule has 1 rings (SSSR count). The molecule has 0 spiro atoms. The Labute approximate surface area is 75.3 Å². The van der Waals surface area contributed by atoms with Crippen molar-refractivity contribution in [3.8, 4) is 0 Å². The number of carbonyl (C=O) groups is 1. The highest BCUT2D eigenvalue weighted by Gasteiger charge is 2.23. The molecule has 1 aliphatic heterocycles. The minimum atomic E-state index is 0.0876. The Morgan fingerprint density at radius 1 is 1.82 bits per heavy atom. The van der Waals surface area contributed by atoms with Crippen LogP contribution >= 0.6 is 22.5 Å². The Morgan fingerprint density at radius 2 is 2.55 bits per heavy atom. The van der Waals surface area contributed by atoms with Crippen LogP contribution in [-0.4, -0.2) is 35.9 Å². The zero-order valence-corrected chi connectivity index (χ0v) is 8.03. The number of rotatable bonds is 1. The van der Waals surface area contributed by atoms with E-state index in [1.54, 1.807) is 11.8 Å². The van der Waals surface area contributed by atoms with Gasteiger partial charge in [-0.2, -0.15) is 0 Å². The maximum absolute atomic E-state index is 11.0. The fourth-order valence-corrected chi connectivity index (χ4v) is 2.08. The van der Waals surface area contributed by atoms with E-state index in [1.165, 1.54) is 10.8 Å². The first kappa shape index (κ1) is 9.22. The van der Waals surface area contributed by atoms with E-state index in [0.717, 1.165) is 0 Å². The summed E-state index contributed by atoms with van der Waals surface area (Å²) < 4.78 is 5.19. The number of amides is 1. The van der Waals surface area contributed by atoms with E-state index in [1.807, 2.05) is 0 Å². The molecule has 1 atom stereocenters. The van der Waals surface area contributed by atoms with Gasteiger partial charge in [0.2, 0.25) is 5.91 Å². The van der Waals surface area contributed by atoms with E-state index in [-0.39, 0.29) is 11.3 Å². The highest BCUT2D eigenvalue weighted by atomic mass is 33.1. The third-order valence-corrected chi connectivity index (χ3v) is 2.97. The van der Waals surface area contributed by atoms with Crippen LogP contribution in [0.15, 0.2) is 0 Å². The minimum Gasteiger partial charge on any atom is -0.377 e. The van der Waals surface area contributed by atoms with Crippen LogP contribution in [0.2, 0.25) is 0 Å². The third kappa shape index (κ3) is 2.28. The monoisotopic (exact) mass is 193 g/mol. The van der Waals surface area contributed by atoms with Crippen LogP contribution in [0.4, 0.5) is 0 Å². The lowest BCUT2D eigenvalue weighted by Gasteiger charge is -2.32. The van der Waals surface area contributed by atoms with Crippen LogP contribution < -0.4 is 0 Å². The molecule has 1 unspecified atom stereocenters. The second kappa shape index (κ2) is 4.23. The molecule has 3 nitrogen and oxygen atoms in total. The predicted octanol–water partition coefficient (Wildman–Crippen LogP) is 0.769. The Hall–Kier alpha value is 0.130. The molecule has 0 aromatic carbocycles. The average Bonchev–Trinajstić information content (AvgIpc) is 2.04. The number of hydrogen-bond donors (Lipinski definition) is 1. The summed E-state index contributed by atoms with van der Waals surface area (Å²) in [6.07, 6.45) is 0. The molecular weight excluding hydrogens is 182 g/mol. The van der Waals surface area contributed by atoms with Gasteiger partial charge in [0.05, 0.1) is 13.2 Å². The maximum atomic E-state index is 11.0. The number of thiol groups is 1. The SMILES string of the molecule is CC(=O)N1CCOCC1SS. The molecule has 1 fully saturated rings. The van der Waals surface area contributed by atoms with Crippen molar-refractivity contribution in [3.05, 3.63) is 0 Å². The molecule has 64 valence electrons. The highest BCUT2D eigenvalue weighted by molar-refractivity contribution is 8.68. The molecule has 0 aromatic rings. The molecule has 1 heterocycles. The highest BCUT2D eigenvalue weighted by Crippen LogP contribution is 2.21. The van der Waals surface area contributed by atoms with E-state index >= 15 is 0 Å². The van der Waals surface area contributed by atoms with E-state index < -0.39 is 0 Å². The van der Waals surface area contributed by atoms with Crippen LogP contribution in [0, 0.1) is 0 Å². The van der Waals surface area contributed by atoms with Crippen molar-refractivity contribution < 1.29 is 9.53 Å². The molecule has 0 bridgehead atoms. The van der Waals surface area contributed by atoms with Gasteiger partial charge in [-0.3, -0.25) is 4.79 Å². The molecule has 0 aromatic heterocycles. The van der Waals surface area contributed by atoms with Gasteiger partial charge in [-0.05, 0) is 0 Å². The quantitative estimate of drug-likeness (QED) is 0.493. The smallest absolute Gasteiger partial charge is 0.220 e. The number of ether oxygens (including phenoxy) is 1. The number of nitrogens with zero attached hydrogens (tertiary/aromatic N) is 1. The van der Waals surface area contributed by atoms with Gasteiger partial charge in [0.25, 0.3) is 0 Å². The molecule has 1 amide bonds. The molecule has 0 saturated carbocycles. The van der Waals surface area contributed by atoms with Crippen molar-refractivity contribution in [1.29, 1.82) is 0 Å². The second-order valence-corrected chi connectivity index (χ2v) is 3.73. The first-order chi connectivity index (χ1) is 5.25. The molecule has 11 heavy (non-hydrogen) atoms. The van der Waals surface area contributed by atoms with Crippen molar-refractivity contribution in [2.75, 3.05) is 19.8 Å². The first-order valence-corrected chi connectivity index (χ1v) is 5.34. The van der Waals surface area contributed by atoms with Gasteiger partial charge in [-0.15, -0.1) is 11.7 Å². The van der Waals surface area contributed by atoms with E-state index in [9.17, 15) is 4.79 Å². The predicted molar refractivity (Wildman–Crippen MR) is 48.6 cm³/mol. The summed E-state index contributed by atoms with van der Waals surface area (Å²) in [5.41, 5.74) is 0. The van der Waals surface area contributed by atoms with Gasteiger partial charge in [0, 0.05) is 13.5 Å². The first-order valence-electron chi connectivity index (χ1n) is 3.41. The molecule has 0 aliphatic carbocycles. The minimum absolute atomic E-state index is 0.0876. The number of hydrogen-bond acceptors (Lipinski definition) is 4. The van der Waals surface area contributed by atoms with Crippen LogP contribution in [-0.2, 0) is 9.53 Å². The van der Waals surface area contributed by atoms with Gasteiger partial charge in [-0.25, -0.2) is 0 Å². The number of carbonyl (C=O) groups excluding carboxylic acids is 1. The zero-order valence-electron chi connectivity index (χ0n) is 6.32. The lowest BCUT2D eigenvalue weighted by Crippen LogP contribution is -2.45. The fourth-order valence-electron chi connectivity index (χ4n) is 1.03. The summed E-state index contributed by atoms with van der Waals surface area (Å²) in [5, 5.41) is 0.0876. The lowest BCUT2D eigenvalue weighted by atomic mass is 10.4. The Bertz CT molecular complexity index is 154. The van der Waals surface area contributed by atoms with Gasteiger partial charge in [-0.1, -0.05) is 10.8 Å². The second-order valence-electron chi connectivity index (χ2n) is 2.35. The summed E-state index contributed by atoms with van der Waals surface area (Å²) in [6.45, 7) is 3.49. The Kier molecular flexibility index (Phi) is 3.54. The molecule has 5 heteroatoms. The van der Waals surface area contributed by atoms with Gasteiger partial charge in [0.15, 0.2) is 0 Å². The van der Waals surface area contributed by atoms with Crippen molar-refractivity contribution >= 4 is 28.4 Å². The molecule has 1 aliphatic rings. The van der Waals surface area contributed by atoms with Crippen LogP contribution in [0.25, 0.3) is 0 Å². The third-order valence-electron chi connectivity index (χ3n) is 1.61.